The lowest BCUT2D eigenvalue weighted by molar-refractivity contribution is -0.109. The standard InChI is InChI=1S/C12H21NO3/c1-11(2,3)16-10(15)13-8-5-6-12(13,4)7-9-14/h9H,5-8H2,1-4H3. The van der Waals surface area contributed by atoms with Gasteiger partial charge >= 0.3 is 6.09 Å². The number of amides is 1. The molecule has 0 bridgehead atoms. The van der Waals surface area contributed by atoms with E-state index in [1.165, 1.54) is 0 Å². The summed E-state index contributed by atoms with van der Waals surface area (Å²) >= 11 is 0. The molecule has 1 saturated heterocycles. The summed E-state index contributed by atoms with van der Waals surface area (Å²) in [5, 5.41) is 0. The predicted octanol–water partition coefficient (Wildman–Crippen LogP) is 2.37. The summed E-state index contributed by atoms with van der Waals surface area (Å²) in [7, 11) is 0. The molecule has 16 heavy (non-hydrogen) atoms. The van der Waals surface area contributed by atoms with E-state index in [4.69, 9.17) is 4.74 Å². The zero-order chi connectivity index (χ0) is 12.4. The van der Waals surface area contributed by atoms with E-state index >= 15 is 0 Å². The molecule has 1 rings (SSSR count). The fourth-order valence-electron chi connectivity index (χ4n) is 2.04. The van der Waals surface area contributed by atoms with Gasteiger partial charge < -0.3 is 14.4 Å². The van der Waals surface area contributed by atoms with Crippen LogP contribution in [0.25, 0.3) is 0 Å². The van der Waals surface area contributed by atoms with E-state index in [9.17, 15) is 9.59 Å². The van der Waals surface area contributed by atoms with Crippen molar-refractivity contribution in [3.63, 3.8) is 0 Å². The van der Waals surface area contributed by atoms with Gasteiger partial charge in [-0.05, 0) is 40.5 Å². The number of likely N-dealkylation sites (tertiary alicyclic amines) is 1. The van der Waals surface area contributed by atoms with Crippen molar-refractivity contribution in [1.82, 2.24) is 4.90 Å². The molecule has 0 saturated carbocycles. The molecule has 1 aliphatic heterocycles. The minimum Gasteiger partial charge on any atom is -0.444 e. The first kappa shape index (κ1) is 13.0. The molecule has 1 heterocycles. The van der Waals surface area contributed by atoms with Crippen molar-refractivity contribution in [1.29, 1.82) is 0 Å². The Labute approximate surface area is 96.9 Å². The lowest BCUT2D eigenvalue weighted by Gasteiger charge is -2.35. The van der Waals surface area contributed by atoms with Gasteiger partial charge in [-0.2, -0.15) is 0 Å². The van der Waals surface area contributed by atoms with Crippen molar-refractivity contribution in [2.75, 3.05) is 6.54 Å². The van der Waals surface area contributed by atoms with Gasteiger partial charge in [0.1, 0.15) is 11.9 Å². The van der Waals surface area contributed by atoms with Gasteiger partial charge in [0, 0.05) is 13.0 Å². The van der Waals surface area contributed by atoms with E-state index < -0.39 is 5.60 Å². The van der Waals surface area contributed by atoms with Crippen LogP contribution in [0.3, 0.4) is 0 Å². The summed E-state index contributed by atoms with van der Waals surface area (Å²) in [6, 6.07) is 0. The number of rotatable bonds is 2. The minimum atomic E-state index is -0.484. The summed E-state index contributed by atoms with van der Waals surface area (Å²) in [5.41, 5.74) is -0.841. The Kier molecular flexibility index (Phi) is 3.61. The number of carbonyl (C=O) groups is 2. The van der Waals surface area contributed by atoms with Crippen LogP contribution in [0, 0.1) is 0 Å². The van der Waals surface area contributed by atoms with Gasteiger partial charge in [-0.3, -0.25) is 0 Å². The summed E-state index contributed by atoms with van der Waals surface area (Å²) in [4.78, 5) is 24.3. The molecule has 0 spiro atoms. The lowest BCUT2D eigenvalue weighted by atomic mass is 9.96. The second-order valence-electron chi connectivity index (χ2n) is 5.60. The Hall–Kier alpha value is -1.06. The van der Waals surface area contributed by atoms with E-state index in [1.807, 2.05) is 27.7 Å². The number of ether oxygens (including phenoxy) is 1. The molecule has 1 unspecified atom stereocenters. The normalized spacial score (nSPS) is 25.6. The van der Waals surface area contributed by atoms with E-state index in [0.29, 0.717) is 13.0 Å². The maximum Gasteiger partial charge on any atom is 0.410 e. The van der Waals surface area contributed by atoms with Crippen LogP contribution in [-0.4, -0.2) is 35.0 Å². The van der Waals surface area contributed by atoms with Crippen LogP contribution in [0.5, 0.6) is 0 Å². The minimum absolute atomic E-state index is 0.311. The van der Waals surface area contributed by atoms with Gasteiger partial charge in [0.05, 0.1) is 5.54 Å². The molecular weight excluding hydrogens is 206 g/mol. The molecule has 1 amide bonds. The van der Waals surface area contributed by atoms with Crippen LogP contribution in [0.4, 0.5) is 4.79 Å². The van der Waals surface area contributed by atoms with Crippen LogP contribution in [-0.2, 0) is 9.53 Å². The van der Waals surface area contributed by atoms with Gasteiger partial charge in [0.2, 0.25) is 0 Å². The van der Waals surface area contributed by atoms with E-state index in [-0.39, 0.29) is 11.6 Å². The van der Waals surface area contributed by atoms with Crippen molar-refractivity contribution in [2.24, 2.45) is 0 Å². The molecule has 0 aliphatic carbocycles. The molecule has 0 radical (unpaired) electrons. The highest BCUT2D eigenvalue weighted by Crippen LogP contribution is 2.32. The van der Waals surface area contributed by atoms with Crippen molar-refractivity contribution in [3.05, 3.63) is 0 Å². The van der Waals surface area contributed by atoms with E-state index in [1.54, 1.807) is 4.90 Å². The van der Waals surface area contributed by atoms with Gasteiger partial charge in [0.25, 0.3) is 0 Å². The summed E-state index contributed by atoms with van der Waals surface area (Å²) < 4.78 is 5.33. The van der Waals surface area contributed by atoms with Crippen molar-refractivity contribution < 1.29 is 14.3 Å². The van der Waals surface area contributed by atoms with Crippen molar-refractivity contribution >= 4 is 12.4 Å². The molecule has 92 valence electrons. The maximum absolute atomic E-state index is 11.9. The predicted molar refractivity (Wildman–Crippen MR) is 61.3 cm³/mol. The molecule has 0 aromatic rings. The first-order valence-corrected chi connectivity index (χ1v) is 5.73. The van der Waals surface area contributed by atoms with Gasteiger partial charge in [0.15, 0.2) is 0 Å². The van der Waals surface area contributed by atoms with Crippen LogP contribution in [0.2, 0.25) is 0 Å². The first-order valence-electron chi connectivity index (χ1n) is 5.73. The summed E-state index contributed by atoms with van der Waals surface area (Å²) in [6.45, 7) is 8.16. The Balaban J connectivity index is 2.71. The largest absolute Gasteiger partial charge is 0.444 e. The van der Waals surface area contributed by atoms with Gasteiger partial charge in [-0.15, -0.1) is 0 Å². The topological polar surface area (TPSA) is 46.6 Å². The van der Waals surface area contributed by atoms with Crippen LogP contribution in [0.15, 0.2) is 0 Å². The highest BCUT2D eigenvalue weighted by Gasteiger charge is 2.41. The molecule has 1 fully saturated rings. The molecule has 0 aromatic carbocycles. The fraction of sp³-hybridized carbons (Fsp3) is 0.833. The third-order valence-electron chi connectivity index (χ3n) is 2.89. The quantitative estimate of drug-likeness (QED) is 0.680. The molecule has 0 aromatic heterocycles. The van der Waals surface area contributed by atoms with Gasteiger partial charge in [-0.1, -0.05) is 0 Å². The third-order valence-corrected chi connectivity index (χ3v) is 2.89. The number of hydrogen-bond acceptors (Lipinski definition) is 3. The molecule has 4 nitrogen and oxygen atoms in total. The van der Waals surface area contributed by atoms with Crippen molar-refractivity contribution in [2.45, 2.75) is 58.1 Å². The SMILES string of the molecule is CC(C)(C)OC(=O)N1CCCC1(C)CC=O. The van der Waals surface area contributed by atoms with E-state index in [2.05, 4.69) is 0 Å². The summed E-state index contributed by atoms with van der Waals surface area (Å²) in [6.07, 6.45) is 2.75. The highest BCUT2D eigenvalue weighted by atomic mass is 16.6. The third kappa shape index (κ3) is 2.97. The lowest BCUT2D eigenvalue weighted by Crippen LogP contribution is -2.47. The van der Waals surface area contributed by atoms with Crippen LogP contribution in [0.1, 0.15) is 47.0 Å². The summed E-state index contributed by atoms with van der Waals surface area (Å²) in [5.74, 6) is 0. The second kappa shape index (κ2) is 4.44. The van der Waals surface area contributed by atoms with Gasteiger partial charge in [-0.25, -0.2) is 4.79 Å². The Morgan fingerprint density at radius 1 is 1.50 bits per heavy atom. The molecule has 1 aliphatic rings. The number of hydrogen-bond donors (Lipinski definition) is 0. The average Bonchev–Trinajstić information content (AvgIpc) is 2.44. The Bertz CT molecular complexity index is 282. The highest BCUT2D eigenvalue weighted by molar-refractivity contribution is 5.70. The molecule has 1 atom stereocenters. The maximum atomic E-state index is 11.9. The number of aldehydes is 1. The second-order valence-corrected chi connectivity index (χ2v) is 5.60. The molecular formula is C12H21NO3. The number of nitrogens with zero attached hydrogens (tertiary/aromatic N) is 1. The molecule has 4 heteroatoms. The van der Waals surface area contributed by atoms with Crippen molar-refractivity contribution in [3.8, 4) is 0 Å². The Morgan fingerprint density at radius 3 is 2.62 bits per heavy atom. The van der Waals surface area contributed by atoms with Crippen LogP contribution >= 0.6 is 0 Å². The monoisotopic (exact) mass is 227 g/mol. The van der Waals surface area contributed by atoms with Crippen LogP contribution < -0.4 is 0 Å². The van der Waals surface area contributed by atoms with E-state index in [0.717, 1.165) is 19.1 Å². The smallest absolute Gasteiger partial charge is 0.410 e. The zero-order valence-corrected chi connectivity index (χ0v) is 10.6. The first-order chi connectivity index (χ1) is 7.28. The zero-order valence-electron chi connectivity index (χ0n) is 10.6. The average molecular weight is 227 g/mol. The molecule has 0 N–H and O–H groups in total. The number of carbonyl (C=O) groups excluding carboxylic acids is 2. The Morgan fingerprint density at radius 2 is 2.12 bits per heavy atom. The fourth-order valence-corrected chi connectivity index (χ4v) is 2.04.